The van der Waals surface area contributed by atoms with Crippen LogP contribution in [0, 0.1) is 0 Å². The standard InChI is InChI=1S/C11H8N2O4S/c14-8-5-6(3-4-12-8)10(15)13-9-2-1-7(18-9)11(16)17/h1-5H,(H,12,14)(H,13,15)(H,16,17). The van der Waals surface area contributed by atoms with Crippen molar-refractivity contribution in [2.75, 3.05) is 5.32 Å². The quantitative estimate of drug-likeness (QED) is 0.779. The van der Waals surface area contributed by atoms with E-state index in [1.807, 2.05) is 0 Å². The number of carbonyl (C=O) groups excluding carboxylic acids is 1. The fraction of sp³-hybridized carbons (Fsp3) is 0. The number of rotatable bonds is 3. The Balaban J connectivity index is 2.16. The van der Waals surface area contributed by atoms with Gasteiger partial charge in [-0.2, -0.15) is 0 Å². The van der Waals surface area contributed by atoms with Crippen molar-refractivity contribution in [3.05, 3.63) is 51.3 Å². The first kappa shape index (κ1) is 12.1. The summed E-state index contributed by atoms with van der Waals surface area (Å²) in [5, 5.41) is 11.7. The van der Waals surface area contributed by atoms with Crippen LogP contribution >= 0.6 is 11.3 Å². The average molecular weight is 264 g/mol. The Morgan fingerprint density at radius 2 is 2.06 bits per heavy atom. The maximum absolute atomic E-state index is 11.7. The van der Waals surface area contributed by atoms with Gasteiger partial charge in [-0.15, -0.1) is 11.3 Å². The van der Waals surface area contributed by atoms with Gasteiger partial charge in [-0.3, -0.25) is 9.59 Å². The number of H-pyrrole nitrogens is 1. The number of carboxylic acid groups (broad SMARTS) is 1. The van der Waals surface area contributed by atoms with Crippen LogP contribution in [0.1, 0.15) is 20.0 Å². The normalized spacial score (nSPS) is 10.0. The van der Waals surface area contributed by atoms with Crippen LogP contribution in [0.4, 0.5) is 5.00 Å². The van der Waals surface area contributed by atoms with Crippen molar-refractivity contribution >= 4 is 28.2 Å². The summed E-state index contributed by atoms with van der Waals surface area (Å²) in [5.74, 6) is -1.50. The molecule has 3 N–H and O–H groups in total. The molecule has 0 atom stereocenters. The Morgan fingerprint density at radius 1 is 1.28 bits per heavy atom. The van der Waals surface area contributed by atoms with Gasteiger partial charge in [0.2, 0.25) is 5.56 Å². The summed E-state index contributed by atoms with van der Waals surface area (Å²) in [6.07, 6.45) is 1.37. The lowest BCUT2D eigenvalue weighted by molar-refractivity contribution is 0.0702. The number of nitrogens with one attached hydrogen (secondary N) is 2. The molecular weight excluding hydrogens is 256 g/mol. The number of aromatic amines is 1. The van der Waals surface area contributed by atoms with Gasteiger partial charge in [-0.25, -0.2) is 4.79 Å². The zero-order valence-corrected chi connectivity index (χ0v) is 9.78. The molecule has 0 aromatic carbocycles. The van der Waals surface area contributed by atoms with Gasteiger partial charge in [-0.1, -0.05) is 0 Å². The third-order valence-corrected chi connectivity index (χ3v) is 3.08. The lowest BCUT2D eigenvalue weighted by Gasteiger charge is -2.01. The van der Waals surface area contributed by atoms with Crippen molar-refractivity contribution in [3.63, 3.8) is 0 Å². The highest BCUT2D eigenvalue weighted by molar-refractivity contribution is 7.18. The molecule has 1 amide bonds. The van der Waals surface area contributed by atoms with Crippen molar-refractivity contribution < 1.29 is 14.7 Å². The predicted molar refractivity (Wildman–Crippen MR) is 66.3 cm³/mol. The number of carbonyl (C=O) groups is 2. The van der Waals surface area contributed by atoms with E-state index in [1.165, 1.54) is 30.5 Å². The third kappa shape index (κ3) is 2.64. The van der Waals surface area contributed by atoms with Crippen molar-refractivity contribution in [2.45, 2.75) is 0 Å². The molecule has 0 unspecified atom stereocenters. The second-order valence-electron chi connectivity index (χ2n) is 3.36. The van der Waals surface area contributed by atoms with Crippen LogP contribution in [-0.2, 0) is 0 Å². The number of aromatic nitrogens is 1. The van der Waals surface area contributed by atoms with Gasteiger partial charge in [0.25, 0.3) is 5.91 Å². The Kier molecular flexibility index (Phi) is 3.24. The molecule has 7 heteroatoms. The first-order chi connectivity index (χ1) is 8.56. The van der Waals surface area contributed by atoms with Crippen LogP contribution in [-0.4, -0.2) is 22.0 Å². The SMILES string of the molecule is O=C(Nc1ccc(C(=O)O)s1)c1cc[nH]c(=O)c1. The fourth-order valence-corrected chi connectivity index (χ4v) is 2.03. The molecule has 2 heterocycles. The molecule has 18 heavy (non-hydrogen) atoms. The molecule has 2 aromatic heterocycles. The molecule has 2 rings (SSSR count). The number of hydrogen-bond donors (Lipinski definition) is 3. The summed E-state index contributed by atoms with van der Waals surface area (Å²) in [6, 6.07) is 5.53. The zero-order valence-electron chi connectivity index (χ0n) is 8.97. The molecule has 0 saturated carbocycles. The highest BCUT2D eigenvalue weighted by Crippen LogP contribution is 2.22. The van der Waals surface area contributed by atoms with Crippen molar-refractivity contribution in [2.24, 2.45) is 0 Å². The third-order valence-electron chi connectivity index (χ3n) is 2.09. The molecule has 0 fully saturated rings. The molecular formula is C11H8N2O4S. The van der Waals surface area contributed by atoms with E-state index in [2.05, 4.69) is 10.3 Å². The molecule has 0 aliphatic carbocycles. The number of aromatic carboxylic acids is 1. The lowest BCUT2D eigenvalue weighted by atomic mass is 10.2. The van der Waals surface area contributed by atoms with E-state index >= 15 is 0 Å². The van der Waals surface area contributed by atoms with Crippen LogP contribution in [0.25, 0.3) is 0 Å². The lowest BCUT2D eigenvalue weighted by Crippen LogP contribution is -2.14. The summed E-state index contributed by atoms with van der Waals surface area (Å²) in [4.78, 5) is 36.0. The van der Waals surface area contributed by atoms with E-state index < -0.39 is 11.9 Å². The molecule has 0 aliphatic heterocycles. The first-order valence-corrected chi connectivity index (χ1v) is 5.71. The van der Waals surface area contributed by atoms with Crippen molar-refractivity contribution in [1.82, 2.24) is 4.98 Å². The van der Waals surface area contributed by atoms with Crippen LogP contribution in [0.2, 0.25) is 0 Å². The second-order valence-corrected chi connectivity index (χ2v) is 4.45. The Bertz CT molecular complexity index is 659. The number of thiophene rings is 1. The van der Waals surface area contributed by atoms with Crippen LogP contribution in [0.5, 0.6) is 0 Å². The van der Waals surface area contributed by atoms with Gasteiger partial charge in [0, 0.05) is 17.8 Å². The van der Waals surface area contributed by atoms with Gasteiger partial charge in [-0.05, 0) is 18.2 Å². The number of amides is 1. The summed E-state index contributed by atoms with van der Waals surface area (Å²) < 4.78 is 0. The number of pyridine rings is 1. The van der Waals surface area contributed by atoms with E-state index in [4.69, 9.17) is 5.11 Å². The summed E-state index contributed by atoms with van der Waals surface area (Å²) in [7, 11) is 0. The van der Waals surface area contributed by atoms with Crippen molar-refractivity contribution in [1.29, 1.82) is 0 Å². The smallest absolute Gasteiger partial charge is 0.345 e. The van der Waals surface area contributed by atoms with Gasteiger partial charge < -0.3 is 15.4 Å². The van der Waals surface area contributed by atoms with Crippen LogP contribution in [0.15, 0.2) is 35.3 Å². The molecule has 92 valence electrons. The minimum Gasteiger partial charge on any atom is -0.477 e. The predicted octanol–water partition coefficient (Wildman–Crippen LogP) is 1.39. The van der Waals surface area contributed by atoms with E-state index in [1.54, 1.807) is 0 Å². The molecule has 6 nitrogen and oxygen atoms in total. The fourth-order valence-electron chi connectivity index (χ4n) is 1.29. The van der Waals surface area contributed by atoms with Gasteiger partial charge in [0.05, 0.1) is 5.00 Å². The van der Waals surface area contributed by atoms with Crippen LogP contribution in [0.3, 0.4) is 0 Å². The minimum absolute atomic E-state index is 0.135. The Morgan fingerprint density at radius 3 is 2.67 bits per heavy atom. The topological polar surface area (TPSA) is 99.3 Å². The molecule has 2 aromatic rings. The number of anilines is 1. The first-order valence-electron chi connectivity index (χ1n) is 4.89. The summed E-state index contributed by atoms with van der Waals surface area (Å²) >= 11 is 0.951. The van der Waals surface area contributed by atoms with Crippen LogP contribution < -0.4 is 10.9 Å². The molecule has 0 radical (unpaired) electrons. The monoisotopic (exact) mass is 264 g/mol. The zero-order chi connectivity index (χ0) is 13.1. The van der Waals surface area contributed by atoms with Gasteiger partial charge in [0.15, 0.2) is 0 Å². The average Bonchev–Trinajstić information content (AvgIpc) is 2.77. The summed E-state index contributed by atoms with van der Waals surface area (Å²) in [5.41, 5.74) is -0.163. The molecule has 0 aliphatic rings. The Labute approximate surface area is 105 Å². The van der Waals surface area contributed by atoms with E-state index in [0.717, 1.165) is 11.3 Å². The Hall–Kier alpha value is -2.41. The maximum atomic E-state index is 11.7. The molecule has 0 bridgehead atoms. The van der Waals surface area contributed by atoms with E-state index in [-0.39, 0.29) is 16.0 Å². The number of carboxylic acids is 1. The van der Waals surface area contributed by atoms with E-state index in [9.17, 15) is 14.4 Å². The molecule has 0 saturated heterocycles. The van der Waals surface area contributed by atoms with Gasteiger partial charge >= 0.3 is 5.97 Å². The largest absolute Gasteiger partial charge is 0.477 e. The summed E-state index contributed by atoms with van der Waals surface area (Å²) in [6.45, 7) is 0. The van der Waals surface area contributed by atoms with Gasteiger partial charge in [0.1, 0.15) is 4.88 Å². The highest BCUT2D eigenvalue weighted by Gasteiger charge is 2.10. The van der Waals surface area contributed by atoms with Crippen molar-refractivity contribution in [3.8, 4) is 0 Å². The minimum atomic E-state index is -1.04. The molecule has 0 spiro atoms. The second kappa shape index (κ2) is 4.84. The highest BCUT2D eigenvalue weighted by atomic mass is 32.1. The maximum Gasteiger partial charge on any atom is 0.345 e. The van der Waals surface area contributed by atoms with E-state index in [0.29, 0.717) is 5.00 Å². The number of hydrogen-bond acceptors (Lipinski definition) is 4.